The lowest BCUT2D eigenvalue weighted by Crippen LogP contribution is -1.98. The number of benzene rings is 2. The quantitative estimate of drug-likeness (QED) is 0.629. The lowest BCUT2D eigenvalue weighted by atomic mass is 10.1. The first kappa shape index (κ1) is 13.6. The minimum Gasteiger partial charge on any atom is -0.488 e. The van der Waals surface area contributed by atoms with E-state index in [1.54, 1.807) is 24.3 Å². The topological polar surface area (TPSA) is 76.2 Å². The van der Waals surface area contributed by atoms with Gasteiger partial charge in [0.2, 0.25) is 0 Å². The van der Waals surface area contributed by atoms with Crippen molar-refractivity contribution in [1.29, 1.82) is 5.26 Å². The zero-order valence-corrected chi connectivity index (χ0v) is 10.9. The highest BCUT2D eigenvalue weighted by atomic mass is 16.6. The van der Waals surface area contributed by atoms with Crippen LogP contribution in [-0.2, 0) is 6.61 Å². The van der Waals surface area contributed by atoms with Crippen LogP contribution in [0, 0.1) is 28.4 Å². The van der Waals surface area contributed by atoms with Gasteiger partial charge in [-0.05, 0) is 36.2 Å². The summed E-state index contributed by atoms with van der Waals surface area (Å²) < 4.78 is 5.60. The predicted molar refractivity (Wildman–Crippen MR) is 73.3 cm³/mol. The van der Waals surface area contributed by atoms with Crippen molar-refractivity contribution in [2.75, 3.05) is 0 Å². The van der Waals surface area contributed by atoms with Crippen LogP contribution >= 0.6 is 0 Å². The van der Waals surface area contributed by atoms with Gasteiger partial charge < -0.3 is 4.74 Å². The minimum atomic E-state index is -0.456. The van der Waals surface area contributed by atoms with Crippen molar-refractivity contribution >= 4 is 5.69 Å². The van der Waals surface area contributed by atoms with Crippen molar-refractivity contribution in [3.63, 3.8) is 0 Å². The van der Waals surface area contributed by atoms with Crippen molar-refractivity contribution in [2.45, 2.75) is 13.5 Å². The van der Waals surface area contributed by atoms with Crippen LogP contribution in [0.2, 0.25) is 0 Å². The molecule has 0 saturated heterocycles. The number of rotatable bonds is 4. The molecule has 2 rings (SSSR count). The summed E-state index contributed by atoms with van der Waals surface area (Å²) in [6, 6.07) is 13.6. The van der Waals surface area contributed by atoms with Crippen molar-refractivity contribution in [1.82, 2.24) is 0 Å². The molecule has 0 atom stereocenters. The number of hydrogen-bond acceptors (Lipinski definition) is 4. The number of non-ortho nitro benzene ring substituents is 1. The number of nitro groups is 1. The van der Waals surface area contributed by atoms with Crippen LogP contribution in [0.5, 0.6) is 5.75 Å². The molecule has 0 N–H and O–H groups in total. The first-order valence-electron chi connectivity index (χ1n) is 5.97. The largest absolute Gasteiger partial charge is 0.488 e. The Morgan fingerprint density at radius 1 is 1.30 bits per heavy atom. The second kappa shape index (κ2) is 5.85. The Bertz CT molecular complexity index is 690. The summed E-state index contributed by atoms with van der Waals surface area (Å²) in [7, 11) is 0. The van der Waals surface area contributed by atoms with E-state index < -0.39 is 4.92 Å². The van der Waals surface area contributed by atoms with Crippen LogP contribution in [0.1, 0.15) is 16.7 Å². The molecule has 2 aromatic carbocycles. The Labute approximate surface area is 116 Å². The Kier molecular flexibility index (Phi) is 3.96. The van der Waals surface area contributed by atoms with E-state index in [0.717, 1.165) is 11.1 Å². The van der Waals surface area contributed by atoms with Crippen LogP contribution in [-0.4, -0.2) is 4.92 Å². The summed E-state index contributed by atoms with van der Waals surface area (Å²) >= 11 is 0. The molecule has 0 aliphatic heterocycles. The molecule has 0 saturated carbocycles. The van der Waals surface area contributed by atoms with Gasteiger partial charge in [0.25, 0.3) is 5.69 Å². The fourth-order valence-electron chi connectivity index (χ4n) is 1.75. The molecule has 0 aromatic heterocycles. The molecule has 0 bridgehead atoms. The Morgan fingerprint density at radius 2 is 2.10 bits per heavy atom. The molecule has 0 aliphatic rings. The summed E-state index contributed by atoms with van der Waals surface area (Å²) in [5, 5.41) is 19.6. The van der Waals surface area contributed by atoms with Gasteiger partial charge in [0.1, 0.15) is 12.4 Å². The van der Waals surface area contributed by atoms with Gasteiger partial charge in [-0.15, -0.1) is 0 Å². The van der Waals surface area contributed by atoms with Gasteiger partial charge in [0, 0.05) is 6.07 Å². The summed E-state index contributed by atoms with van der Waals surface area (Å²) in [6.07, 6.45) is 0. The standard InChI is InChI=1S/C15H12N2O3/c1-11-5-6-14(17(18)19)8-15(11)20-10-13-4-2-3-12(7-13)9-16/h2-8H,10H2,1H3. The second-order valence-corrected chi connectivity index (χ2v) is 4.31. The third-order valence-corrected chi connectivity index (χ3v) is 2.83. The molecule has 5 heteroatoms. The molecule has 100 valence electrons. The molecular weight excluding hydrogens is 256 g/mol. The second-order valence-electron chi connectivity index (χ2n) is 4.31. The Morgan fingerprint density at radius 3 is 2.80 bits per heavy atom. The number of aryl methyl sites for hydroxylation is 1. The molecule has 2 aromatic rings. The average Bonchev–Trinajstić information content (AvgIpc) is 2.46. The normalized spacial score (nSPS) is 9.80. The Balaban J connectivity index is 2.16. The van der Waals surface area contributed by atoms with E-state index in [1.165, 1.54) is 12.1 Å². The van der Waals surface area contributed by atoms with Gasteiger partial charge in [0.05, 0.1) is 22.6 Å². The zero-order chi connectivity index (χ0) is 14.5. The van der Waals surface area contributed by atoms with Crippen molar-refractivity contribution in [3.05, 3.63) is 69.3 Å². The molecule has 0 spiro atoms. The molecule has 0 aliphatic carbocycles. The first-order valence-corrected chi connectivity index (χ1v) is 5.97. The molecule has 0 unspecified atom stereocenters. The van der Waals surface area contributed by atoms with E-state index in [9.17, 15) is 10.1 Å². The molecule has 0 radical (unpaired) electrons. The number of nitrogens with zero attached hydrogens (tertiary/aromatic N) is 2. The Hall–Kier alpha value is -2.87. The highest BCUT2D eigenvalue weighted by Gasteiger charge is 2.09. The zero-order valence-electron chi connectivity index (χ0n) is 10.9. The van der Waals surface area contributed by atoms with Gasteiger partial charge in [-0.3, -0.25) is 10.1 Å². The van der Waals surface area contributed by atoms with Crippen molar-refractivity contribution in [3.8, 4) is 11.8 Å². The van der Waals surface area contributed by atoms with Crippen LogP contribution in [0.25, 0.3) is 0 Å². The molecule has 20 heavy (non-hydrogen) atoms. The number of nitriles is 1. The fraction of sp³-hybridized carbons (Fsp3) is 0.133. The van der Waals surface area contributed by atoms with Crippen LogP contribution in [0.4, 0.5) is 5.69 Å². The lowest BCUT2D eigenvalue weighted by molar-refractivity contribution is -0.385. The van der Waals surface area contributed by atoms with Gasteiger partial charge in [-0.1, -0.05) is 12.1 Å². The van der Waals surface area contributed by atoms with E-state index in [0.29, 0.717) is 11.3 Å². The van der Waals surface area contributed by atoms with Crippen molar-refractivity contribution < 1.29 is 9.66 Å². The van der Waals surface area contributed by atoms with E-state index in [4.69, 9.17) is 10.00 Å². The molecule has 0 heterocycles. The van der Waals surface area contributed by atoms with E-state index in [-0.39, 0.29) is 12.3 Å². The highest BCUT2D eigenvalue weighted by Crippen LogP contribution is 2.24. The highest BCUT2D eigenvalue weighted by molar-refractivity contribution is 5.43. The monoisotopic (exact) mass is 268 g/mol. The summed E-state index contributed by atoms with van der Waals surface area (Å²) in [4.78, 5) is 10.3. The van der Waals surface area contributed by atoms with Gasteiger partial charge in [0.15, 0.2) is 0 Å². The van der Waals surface area contributed by atoms with E-state index in [2.05, 4.69) is 6.07 Å². The fourth-order valence-corrected chi connectivity index (χ4v) is 1.75. The number of ether oxygens (including phenoxy) is 1. The number of hydrogen-bond donors (Lipinski definition) is 0. The number of nitro benzene ring substituents is 1. The van der Waals surface area contributed by atoms with Crippen molar-refractivity contribution in [2.24, 2.45) is 0 Å². The first-order chi connectivity index (χ1) is 9.60. The van der Waals surface area contributed by atoms with Gasteiger partial charge >= 0.3 is 0 Å². The van der Waals surface area contributed by atoms with Crippen LogP contribution in [0.3, 0.4) is 0 Å². The average molecular weight is 268 g/mol. The minimum absolute atomic E-state index is 0.00336. The van der Waals surface area contributed by atoms with Gasteiger partial charge in [-0.25, -0.2) is 0 Å². The smallest absolute Gasteiger partial charge is 0.273 e. The van der Waals surface area contributed by atoms with Crippen LogP contribution < -0.4 is 4.74 Å². The predicted octanol–water partition coefficient (Wildman–Crippen LogP) is 3.35. The van der Waals surface area contributed by atoms with Gasteiger partial charge in [-0.2, -0.15) is 5.26 Å². The van der Waals surface area contributed by atoms with E-state index >= 15 is 0 Å². The molecule has 0 amide bonds. The van der Waals surface area contributed by atoms with Crippen LogP contribution in [0.15, 0.2) is 42.5 Å². The SMILES string of the molecule is Cc1ccc([N+](=O)[O-])cc1OCc1cccc(C#N)c1. The molecule has 0 fully saturated rings. The third-order valence-electron chi connectivity index (χ3n) is 2.83. The summed E-state index contributed by atoms with van der Waals surface area (Å²) in [5.74, 6) is 0.474. The summed E-state index contributed by atoms with van der Waals surface area (Å²) in [6.45, 7) is 2.09. The maximum atomic E-state index is 10.7. The maximum absolute atomic E-state index is 10.7. The molecular formula is C15H12N2O3. The lowest BCUT2D eigenvalue weighted by Gasteiger charge is -2.09. The molecule has 5 nitrogen and oxygen atoms in total. The van der Waals surface area contributed by atoms with E-state index in [1.807, 2.05) is 13.0 Å². The maximum Gasteiger partial charge on any atom is 0.273 e. The summed E-state index contributed by atoms with van der Waals surface area (Å²) in [5.41, 5.74) is 2.22. The third kappa shape index (κ3) is 3.12.